The summed E-state index contributed by atoms with van der Waals surface area (Å²) in [6.07, 6.45) is 0. The highest BCUT2D eigenvalue weighted by Gasteiger charge is 2.11. The zero-order valence-electron chi connectivity index (χ0n) is 5.00. The van der Waals surface area contributed by atoms with Gasteiger partial charge in [0.1, 0.15) is 5.37 Å². The SMILES string of the molecule is CC(C)C(N)S(=O)O. The Morgan fingerprint density at radius 3 is 2.00 bits per heavy atom. The van der Waals surface area contributed by atoms with Gasteiger partial charge in [0.25, 0.3) is 0 Å². The smallest absolute Gasteiger partial charge is 0.170 e. The summed E-state index contributed by atoms with van der Waals surface area (Å²) in [6, 6.07) is 0. The van der Waals surface area contributed by atoms with Gasteiger partial charge in [-0.15, -0.1) is 0 Å². The van der Waals surface area contributed by atoms with Crippen LogP contribution < -0.4 is 5.73 Å². The minimum Gasteiger partial charge on any atom is -0.315 e. The molecular weight excluding hydrogens is 126 g/mol. The Hall–Kier alpha value is 0.0700. The van der Waals surface area contributed by atoms with Gasteiger partial charge in [0, 0.05) is 0 Å². The molecule has 0 aliphatic carbocycles. The van der Waals surface area contributed by atoms with Crippen LogP contribution >= 0.6 is 0 Å². The van der Waals surface area contributed by atoms with E-state index in [9.17, 15) is 4.21 Å². The van der Waals surface area contributed by atoms with Crippen molar-refractivity contribution < 1.29 is 8.76 Å². The minimum absolute atomic E-state index is 0.0702. The molecule has 0 rings (SSSR count). The van der Waals surface area contributed by atoms with Crippen molar-refractivity contribution >= 4 is 11.1 Å². The van der Waals surface area contributed by atoms with Crippen LogP contribution in [0.4, 0.5) is 0 Å². The third-order valence-electron chi connectivity index (χ3n) is 0.890. The summed E-state index contributed by atoms with van der Waals surface area (Å²) in [5.74, 6) is 0.0702. The van der Waals surface area contributed by atoms with Crippen molar-refractivity contribution in [1.29, 1.82) is 0 Å². The molecule has 3 nitrogen and oxygen atoms in total. The molecule has 8 heavy (non-hydrogen) atoms. The molecule has 0 heterocycles. The average molecular weight is 137 g/mol. The molecule has 0 amide bonds. The third kappa shape index (κ3) is 2.40. The third-order valence-corrected chi connectivity index (χ3v) is 1.90. The Kier molecular flexibility index (Phi) is 3.19. The van der Waals surface area contributed by atoms with E-state index in [1.807, 2.05) is 0 Å². The zero-order valence-corrected chi connectivity index (χ0v) is 5.81. The van der Waals surface area contributed by atoms with Gasteiger partial charge in [-0.05, 0) is 5.92 Å². The van der Waals surface area contributed by atoms with Crippen molar-refractivity contribution in [3.63, 3.8) is 0 Å². The van der Waals surface area contributed by atoms with Crippen LogP contribution in [0, 0.1) is 5.92 Å². The lowest BCUT2D eigenvalue weighted by atomic mass is 10.2. The fourth-order valence-electron chi connectivity index (χ4n) is 0.233. The summed E-state index contributed by atoms with van der Waals surface area (Å²) in [5, 5.41) is -0.602. The Morgan fingerprint density at radius 1 is 1.62 bits per heavy atom. The molecule has 0 saturated carbocycles. The fourth-order valence-corrected chi connectivity index (χ4v) is 0.698. The first kappa shape index (κ1) is 8.07. The summed E-state index contributed by atoms with van der Waals surface area (Å²) in [7, 11) is 0. The van der Waals surface area contributed by atoms with Crippen molar-refractivity contribution in [1.82, 2.24) is 0 Å². The number of nitrogens with two attached hydrogens (primary N) is 1. The van der Waals surface area contributed by atoms with Gasteiger partial charge in [0.2, 0.25) is 0 Å². The van der Waals surface area contributed by atoms with E-state index in [1.165, 1.54) is 0 Å². The van der Waals surface area contributed by atoms with Gasteiger partial charge in [0.05, 0.1) is 0 Å². The molecule has 0 aromatic carbocycles. The second kappa shape index (κ2) is 3.17. The molecule has 2 atom stereocenters. The molecule has 0 bridgehead atoms. The van der Waals surface area contributed by atoms with E-state index in [2.05, 4.69) is 0 Å². The van der Waals surface area contributed by atoms with Gasteiger partial charge >= 0.3 is 0 Å². The predicted molar refractivity (Wildman–Crippen MR) is 33.6 cm³/mol. The Balaban J connectivity index is 3.64. The molecule has 2 unspecified atom stereocenters. The molecule has 0 aromatic rings. The maximum atomic E-state index is 10.1. The zero-order chi connectivity index (χ0) is 6.73. The van der Waals surface area contributed by atoms with Crippen LogP contribution in [0.2, 0.25) is 0 Å². The van der Waals surface area contributed by atoms with Crippen LogP contribution in [0.1, 0.15) is 13.8 Å². The first-order valence-electron chi connectivity index (χ1n) is 2.41. The topological polar surface area (TPSA) is 63.3 Å². The lowest BCUT2D eigenvalue weighted by molar-refractivity contribution is 0.512. The van der Waals surface area contributed by atoms with Crippen molar-refractivity contribution in [2.24, 2.45) is 11.7 Å². The molecule has 0 fully saturated rings. The molecule has 0 saturated heterocycles. The molecule has 0 aliphatic heterocycles. The number of rotatable bonds is 2. The summed E-state index contributed by atoms with van der Waals surface area (Å²) in [6.45, 7) is 3.61. The van der Waals surface area contributed by atoms with Crippen LogP contribution in [-0.2, 0) is 11.1 Å². The van der Waals surface area contributed by atoms with Gasteiger partial charge in [-0.25, -0.2) is 4.21 Å². The van der Waals surface area contributed by atoms with Crippen LogP contribution in [0.15, 0.2) is 0 Å². The molecular formula is C4H11NO2S. The average Bonchev–Trinajstić information content (AvgIpc) is 1.64. The molecule has 0 radical (unpaired) electrons. The van der Waals surface area contributed by atoms with E-state index in [4.69, 9.17) is 10.3 Å². The van der Waals surface area contributed by atoms with E-state index in [0.29, 0.717) is 0 Å². The largest absolute Gasteiger partial charge is 0.315 e. The molecule has 0 aliphatic rings. The van der Waals surface area contributed by atoms with Gasteiger partial charge in [-0.3, -0.25) is 0 Å². The number of hydrogen-bond donors (Lipinski definition) is 2. The summed E-state index contributed by atoms with van der Waals surface area (Å²) in [5.41, 5.74) is 5.21. The highest BCUT2D eigenvalue weighted by Crippen LogP contribution is 1.99. The lowest BCUT2D eigenvalue weighted by Crippen LogP contribution is -2.30. The van der Waals surface area contributed by atoms with Crippen molar-refractivity contribution in [3.8, 4) is 0 Å². The highest BCUT2D eigenvalue weighted by molar-refractivity contribution is 7.79. The minimum atomic E-state index is -1.86. The predicted octanol–water partition coefficient (Wildman–Crippen LogP) is 0.149. The van der Waals surface area contributed by atoms with Crippen LogP contribution in [0.25, 0.3) is 0 Å². The fraction of sp³-hybridized carbons (Fsp3) is 1.00. The lowest BCUT2D eigenvalue weighted by Gasteiger charge is -2.08. The van der Waals surface area contributed by atoms with Gasteiger partial charge in [0.15, 0.2) is 11.1 Å². The first-order valence-corrected chi connectivity index (χ1v) is 3.58. The van der Waals surface area contributed by atoms with Crippen molar-refractivity contribution in [2.75, 3.05) is 0 Å². The Morgan fingerprint density at radius 2 is 2.00 bits per heavy atom. The van der Waals surface area contributed by atoms with Crippen molar-refractivity contribution in [2.45, 2.75) is 19.2 Å². The molecule has 0 spiro atoms. The summed E-state index contributed by atoms with van der Waals surface area (Å²) < 4.78 is 18.5. The van der Waals surface area contributed by atoms with Crippen LogP contribution in [0.5, 0.6) is 0 Å². The maximum Gasteiger partial charge on any atom is 0.170 e. The Labute approximate surface area is 51.6 Å². The molecule has 4 heteroatoms. The van der Waals surface area contributed by atoms with Gasteiger partial charge in [-0.1, -0.05) is 13.8 Å². The quantitative estimate of drug-likeness (QED) is 0.532. The molecule has 3 N–H and O–H groups in total. The van der Waals surface area contributed by atoms with E-state index in [0.717, 1.165) is 0 Å². The van der Waals surface area contributed by atoms with Crippen LogP contribution in [0.3, 0.4) is 0 Å². The van der Waals surface area contributed by atoms with Crippen LogP contribution in [-0.4, -0.2) is 14.1 Å². The second-order valence-corrected chi connectivity index (χ2v) is 3.08. The van der Waals surface area contributed by atoms with E-state index in [-0.39, 0.29) is 5.92 Å². The highest BCUT2D eigenvalue weighted by atomic mass is 32.2. The Bertz CT molecular complexity index is 94.0. The second-order valence-electron chi connectivity index (χ2n) is 1.98. The van der Waals surface area contributed by atoms with E-state index < -0.39 is 16.5 Å². The number of hydrogen-bond acceptors (Lipinski definition) is 2. The normalized spacial score (nSPS) is 18.6. The van der Waals surface area contributed by atoms with E-state index >= 15 is 0 Å². The molecule has 0 aromatic heterocycles. The first-order chi connectivity index (χ1) is 3.55. The standard InChI is InChI=1S/C4H11NO2S/c1-3(2)4(5)8(6)7/h3-4H,5H2,1-2H3,(H,6,7). The molecule has 50 valence electrons. The van der Waals surface area contributed by atoms with Gasteiger partial charge < -0.3 is 10.3 Å². The summed E-state index contributed by atoms with van der Waals surface area (Å²) in [4.78, 5) is 0. The van der Waals surface area contributed by atoms with Gasteiger partial charge in [-0.2, -0.15) is 0 Å². The maximum absolute atomic E-state index is 10.1. The monoisotopic (exact) mass is 137 g/mol. The van der Waals surface area contributed by atoms with E-state index in [1.54, 1.807) is 13.8 Å². The van der Waals surface area contributed by atoms with Crippen molar-refractivity contribution in [3.05, 3.63) is 0 Å². The summed E-state index contributed by atoms with van der Waals surface area (Å²) >= 11 is -1.86.